The molecule has 2 aromatic rings. The van der Waals surface area contributed by atoms with Crippen molar-refractivity contribution < 1.29 is 4.79 Å². The summed E-state index contributed by atoms with van der Waals surface area (Å²) in [6.45, 7) is 2.16. The van der Waals surface area contributed by atoms with E-state index < -0.39 is 0 Å². The molecule has 3 N–H and O–H groups in total. The number of nitrogens with two attached hydrogens (primary N) is 1. The Morgan fingerprint density at radius 1 is 1.33 bits per heavy atom. The number of piperidine rings is 1. The van der Waals surface area contributed by atoms with Crippen LogP contribution >= 0.6 is 36.6 Å². The number of primary amides is 1. The minimum atomic E-state index is -0.373. The number of aromatic nitrogens is 2. The molecule has 5 nitrogen and oxygen atoms in total. The summed E-state index contributed by atoms with van der Waals surface area (Å²) in [6, 6.07) is 6.00. The molecule has 0 unspecified atom stereocenters. The summed E-state index contributed by atoms with van der Waals surface area (Å²) >= 11 is 1.42. The Morgan fingerprint density at radius 3 is 2.79 bits per heavy atom. The van der Waals surface area contributed by atoms with Crippen LogP contribution in [0.1, 0.15) is 24.2 Å². The molecule has 4 heterocycles. The van der Waals surface area contributed by atoms with Crippen molar-refractivity contribution in [1.82, 2.24) is 14.7 Å². The molecule has 2 aromatic heterocycles. The van der Waals surface area contributed by atoms with Gasteiger partial charge in [0, 0.05) is 0 Å². The first-order valence-electron chi connectivity index (χ1n) is 7.63. The molecule has 0 spiro atoms. The van der Waals surface area contributed by atoms with Gasteiger partial charge in [0.25, 0.3) is 5.91 Å². The van der Waals surface area contributed by atoms with Gasteiger partial charge >= 0.3 is 0 Å². The minimum absolute atomic E-state index is 0. The van der Waals surface area contributed by atoms with Crippen molar-refractivity contribution in [2.24, 2.45) is 11.7 Å². The molecule has 24 heavy (non-hydrogen) atoms. The van der Waals surface area contributed by atoms with Crippen LogP contribution in [-0.2, 0) is 11.2 Å². The van der Waals surface area contributed by atoms with Gasteiger partial charge in [0.2, 0.25) is 0 Å². The van der Waals surface area contributed by atoms with Crippen LogP contribution in [0.4, 0.5) is 0 Å². The van der Waals surface area contributed by atoms with Gasteiger partial charge in [-0.1, -0.05) is 17.8 Å². The molecule has 1 amide bonds. The number of pyridine rings is 1. The monoisotopic (exact) mass is 386 g/mol. The van der Waals surface area contributed by atoms with E-state index in [4.69, 9.17) is 10.7 Å². The SMILES string of the molecule is Cl.Cl.NC(=O)C1=Cc2c(CC3CCNCC3)nc3cccc(n23)S1. The highest BCUT2D eigenvalue weighted by Crippen LogP contribution is 2.36. The van der Waals surface area contributed by atoms with E-state index in [9.17, 15) is 4.79 Å². The Labute approximate surface area is 157 Å². The van der Waals surface area contributed by atoms with Gasteiger partial charge in [-0.25, -0.2) is 4.98 Å². The number of thioether (sulfide) groups is 1. The third kappa shape index (κ3) is 3.42. The standard InChI is InChI=1S/C16H18N4OS.2ClH/c17-16(21)13-9-12-11(8-10-4-6-18-7-5-10)19-14-2-1-3-15(22-13)20(12)14;;/h1-3,9-10,18H,4-8H2,(H2,17,21);2*1H. The largest absolute Gasteiger partial charge is 0.365 e. The maximum atomic E-state index is 11.6. The lowest BCUT2D eigenvalue weighted by Crippen LogP contribution is -2.28. The first-order valence-corrected chi connectivity index (χ1v) is 8.44. The van der Waals surface area contributed by atoms with E-state index in [0.29, 0.717) is 10.8 Å². The normalized spacial score (nSPS) is 16.9. The van der Waals surface area contributed by atoms with Crippen LogP contribution in [0, 0.1) is 5.92 Å². The minimum Gasteiger partial charge on any atom is -0.365 e. The molecule has 130 valence electrons. The molecule has 2 aliphatic heterocycles. The molecule has 0 aliphatic carbocycles. The number of hydrogen-bond donors (Lipinski definition) is 2. The lowest BCUT2D eigenvalue weighted by Gasteiger charge is -2.22. The lowest BCUT2D eigenvalue weighted by atomic mass is 9.92. The number of carbonyl (C=O) groups excluding carboxylic acids is 1. The van der Waals surface area contributed by atoms with Gasteiger partial charge < -0.3 is 11.1 Å². The smallest absolute Gasteiger partial charge is 0.255 e. The number of halogens is 2. The van der Waals surface area contributed by atoms with Crippen LogP contribution in [0.25, 0.3) is 11.7 Å². The zero-order chi connectivity index (χ0) is 15.1. The fourth-order valence-corrected chi connectivity index (χ4v) is 4.18. The van der Waals surface area contributed by atoms with Gasteiger partial charge in [0.15, 0.2) is 0 Å². The van der Waals surface area contributed by atoms with Gasteiger partial charge in [0.05, 0.1) is 21.3 Å². The number of hydrogen-bond acceptors (Lipinski definition) is 4. The van der Waals surface area contributed by atoms with Gasteiger partial charge in [-0.3, -0.25) is 9.20 Å². The molecule has 0 bridgehead atoms. The predicted octanol–water partition coefficient (Wildman–Crippen LogP) is 2.65. The average molecular weight is 387 g/mol. The molecule has 0 atom stereocenters. The topological polar surface area (TPSA) is 72.4 Å². The fraction of sp³-hybridized carbons (Fsp3) is 0.375. The van der Waals surface area contributed by atoms with Crippen LogP contribution in [0.2, 0.25) is 0 Å². The van der Waals surface area contributed by atoms with Crippen LogP contribution < -0.4 is 11.1 Å². The Balaban J connectivity index is 0.00000104. The van der Waals surface area contributed by atoms with Crippen LogP contribution in [0.15, 0.2) is 28.1 Å². The lowest BCUT2D eigenvalue weighted by molar-refractivity contribution is -0.113. The quantitative estimate of drug-likeness (QED) is 0.850. The first kappa shape index (κ1) is 19.1. The molecule has 8 heteroatoms. The van der Waals surface area contributed by atoms with E-state index in [1.807, 2.05) is 24.3 Å². The van der Waals surface area contributed by atoms with E-state index >= 15 is 0 Å². The maximum absolute atomic E-state index is 11.6. The number of rotatable bonds is 3. The molecular formula is C16H20Cl2N4OS. The summed E-state index contributed by atoms with van der Waals surface area (Å²) in [7, 11) is 0. The molecule has 0 aromatic carbocycles. The number of nitrogens with one attached hydrogen (secondary N) is 1. The van der Waals surface area contributed by atoms with Crippen molar-refractivity contribution in [2.75, 3.05) is 13.1 Å². The van der Waals surface area contributed by atoms with Crippen molar-refractivity contribution in [1.29, 1.82) is 0 Å². The van der Waals surface area contributed by atoms with Crippen LogP contribution in [0.5, 0.6) is 0 Å². The first-order chi connectivity index (χ1) is 10.7. The second-order valence-corrected chi connectivity index (χ2v) is 6.94. The number of nitrogens with zero attached hydrogens (tertiary/aromatic N) is 2. The summed E-state index contributed by atoms with van der Waals surface area (Å²) < 4.78 is 2.13. The summed E-state index contributed by atoms with van der Waals surface area (Å²) in [5.74, 6) is 0.285. The molecule has 0 saturated carbocycles. The zero-order valence-corrected chi connectivity index (χ0v) is 15.5. The van der Waals surface area contributed by atoms with Crippen molar-refractivity contribution in [3.63, 3.8) is 0 Å². The van der Waals surface area contributed by atoms with E-state index in [1.165, 1.54) is 24.6 Å². The third-order valence-corrected chi connectivity index (χ3v) is 5.45. The Bertz CT molecular complexity index is 784. The van der Waals surface area contributed by atoms with Gasteiger partial charge in [-0.05, 0) is 56.5 Å². The number of imidazole rings is 1. The van der Waals surface area contributed by atoms with E-state index in [2.05, 4.69) is 9.72 Å². The average Bonchev–Trinajstić information content (AvgIpc) is 2.88. The van der Waals surface area contributed by atoms with E-state index in [0.717, 1.165) is 41.6 Å². The van der Waals surface area contributed by atoms with Gasteiger partial charge in [0.1, 0.15) is 5.65 Å². The molecule has 1 fully saturated rings. The maximum Gasteiger partial charge on any atom is 0.255 e. The van der Waals surface area contributed by atoms with E-state index in [1.54, 1.807) is 0 Å². The zero-order valence-electron chi connectivity index (χ0n) is 13.0. The molecular weight excluding hydrogens is 367 g/mol. The second kappa shape index (κ2) is 7.78. The third-order valence-electron chi connectivity index (χ3n) is 4.39. The Kier molecular flexibility index (Phi) is 6.20. The van der Waals surface area contributed by atoms with Crippen molar-refractivity contribution in [2.45, 2.75) is 24.3 Å². The van der Waals surface area contributed by atoms with Crippen molar-refractivity contribution >= 4 is 54.2 Å². The highest BCUT2D eigenvalue weighted by molar-refractivity contribution is 8.04. The predicted molar refractivity (Wildman–Crippen MR) is 102 cm³/mol. The van der Waals surface area contributed by atoms with Crippen LogP contribution in [-0.4, -0.2) is 28.4 Å². The number of amides is 1. The summed E-state index contributed by atoms with van der Waals surface area (Å²) in [5.41, 5.74) is 8.54. The highest BCUT2D eigenvalue weighted by Gasteiger charge is 2.24. The van der Waals surface area contributed by atoms with Gasteiger partial charge in [-0.15, -0.1) is 24.8 Å². The van der Waals surface area contributed by atoms with Crippen molar-refractivity contribution in [3.05, 3.63) is 34.5 Å². The van der Waals surface area contributed by atoms with Crippen LogP contribution in [0.3, 0.4) is 0 Å². The van der Waals surface area contributed by atoms with Crippen molar-refractivity contribution in [3.8, 4) is 0 Å². The summed E-state index contributed by atoms with van der Waals surface area (Å²) in [4.78, 5) is 17.0. The summed E-state index contributed by atoms with van der Waals surface area (Å²) in [6.07, 6.45) is 5.23. The Morgan fingerprint density at radius 2 is 2.08 bits per heavy atom. The molecule has 2 aliphatic rings. The van der Waals surface area contributed by atoms with Gasteiger partial charge in [-0.2, -0.15) is 0 Å². The molecule has 4 rings (SSSR count). The number of carbonyl (C=O) groups is 1. The second-order valence-electron chi connectivity index (χ2n) is 5.87. The fourth-order valence-electron chi connectivity index (χ4n) is 3.26. The Hall–Kier alpha value is -1.21. The molecule has 0 radical (unpaired) electrons. The summed E-state index contributed by atoms with van der Waals surface area (Å²) in [5, 5.41) is 4.40. The molecule has 1 saturated heterocycles. The van der Waals surface area contributed by atoms with E-state index in [-0.39, 0.29) is 30.7 Å². The highest BCUT2D eigenvalue weighted by atomic mass is 35.5.